The summed E-state index contributed by atoms with van der Waals surface area (Å²) in [5.74, 6) is 0.305. The molecule has 1 unspecified atom stereocenters. The molecule has 0 fully saturated rings. The Morgan fingerprint density at radius 3 is 2.86 bits per heavy atom. The van der Waals surface area contributed by atoms with Crippen LogP contribution in [-0.4, -0.2) is 33.4 Å². The molecule has 2 heterocycles. The van der Waals surface area contributed by atoms with Crippen molar-refractivity contribution < 1.29 is 4.39 Å². The van der Waals surface area contributed by atoms with E-state index in [9.17, 15) is 4.39 Å². The van der Waals surface area contributed by atoms with Gasteiger partial charge in [-0.05, 0) is 61.6 Å². The molecule has 144 valence electrons. The zero-order valence-electron chi connectivity index (χ0n) is 15.7. The van der Waals surface area contributed by atoms with Crippen molar-refractivity contribution in [3.05, 3.63) is 59.7 Å². The predicted octanol–water partition coefficient (Wildman–Crippen LogP) is 4.01. The number of hydrogen-bond donors (Lipinski definition) is 3. The molecule has 0 radical (unpaired) electrons. The molecular formula is C21H23FN6. The Hall–Kier alpha value is -3.22. The van der Waals surface area contributed by atoms with E-state index in [0.717, 1.165) is 53.9 Å². The van der Waals surface area contributed by atoms with Crippen molar-refractivity contribution in [3.8, 4) is 11.1 Å². The van der Waals surface area contributed by atoms with Crippen molar-refractivity contribution in [2.24, 2.45) is 0 Å². The number of halogens is 1. The van der Waals surface area contributed by atoms with Crippen molar-refractivity contribution in [2.75, 3.05) is 11.9 Å². The topological polar surface area (TPSA) is 78.1 Å². The standard InChI is InChI=1S/C21H23FN6/c1-2-24-19-10-9-17(12-15(19)13-23)25-21-26-20-18(4-3-11-28(20)27-21)14-5-7-16(22)8-6-14/h3-8,11,13,17,23-24H,2,9-10,12H2,1H3,(H,25,27). The molecule has 0 amide bonds. The van der Waals surface area contributed by atoms with Crippen LogP contribution in [0, 0.1) is 11.2 Å². The van der Waals surface area contributed by atoms with Gasteiger partial charge in [0, 0.05) is 36.3 Å². The van der Waals surface area contributed by atoms with E-state index in [4.69, 9.17) is 5.41 Å². The summed E-state index contributed by atoms with van der Waals surface area (Å²) < 4.78 is 15.0. The van der Waals surface area contributed by atoms with Gasteiger partial charge in [0.2, 0.25) is 5.95 Å². The summed E-state index contributed by atoms with van der Waals surface area (Å²) in [6, 6.07) is 10.4. The highest BCUT2D eigenvalue weighted by Crippen LogP contribution is 2.27. The third kappa shape index (κ3) is 3.60. The minimum atomic E-state index is -0.260. The number of hydrogen-bond acceptors (Lipinski definition) is 5. The van der Waals surface area contributed by atoms with Crippen LogP contribution in [0.15, 0.2) is 53.9 Å². The second-order valence-corrected chi connectivity index (χ2v) is 6.89. The second kappa shape index (κ2) is 7.80. The van der Waals surface area contributed by atoms with Crippen molar-refractivity contribution >= 4 is 17.8 Å². The average Bonchev–Trinajstić information content (AvgIpc) is 3.12. The normalized spacial score (nSPS) is 17.0. The SMILES string of the molecule is CCNC1=C(C=N)CC(Nc2nc3c(-c4ccc(F)cc4)cccn3n2)CC1. The lowest BCUT2D eigenvalue weighted by Gasteiger charge is -2.26. The van der Waals surface area contributed by atoms with Crippen LogP contribution in [0.1, 0.15) is 26.2 Å². The molecule has 1 aromatic carbocycles. The molecule has 3 N–H and O–H groups in total. The van der Waals surface area contributed by atoms with E-state index >= 15 is 0 Å². The number of nitrogens with zero attached hydrogens (tertiary/aromatic N) is 3. The monoisotopic (exact) mass is 378 g/mol. The highest BCUT2D eigenvalue weighted by molar-refractivity contribution is 5.78. The van der Waals surface area contributed by atoms with Gasteiger partial charge in [-0.2, -0.15) is 4.98 Å². The van der Waals surface area contributed by atoms with Crippen LogP contribution < -0.4 is 10.6 Å². The molecule has 0 saturated heterocycles. The molecule has 0 aliphatic heterocycles. The van der Waals surface area contributed by atoms with Crippen LogP contribution in [0.3, 0.4) is 0 Å². The van der Waals surface area contributed by atoms with E-state index in [-0.39, 0.29) is 11.9 Å². The number of nitrogens with one attached hydrogen (secondary N) is 3. The van der Waals surface area contributed by atoms with Gasteiger partial charge in [0.05, 0.1) is 0 Å². The van der Waals surface area contributed by atoms with E-state index in [0.29, 0.717) is 5.95 Å². The molecule has 1 aliphatic rings. The average molecular weight is 378 g/mol. The molecule has 1 atom stereocenters. The lowest BCUT2D eigenvalue weighted by Crippen LogP contribution is -2.29. The molecular weight excluding hydrogens is 355 g/mol. The second-order valence-electron chi connectivity index (χ2n) is 6.89. The summed E-state index contributed by atoms with van der Waals surface area (Å²) in [4.78, 5) is 4.67. The van der Waals surface area contributed by atoms with Gasteiger partial charge in [0.15, 0.2) is 5.65 Å². The molecule has 2 aromatic heterocycles. The van der Waals surface area contributed by atoms with E-state index in [1.54, 1.807) is 16.6 Å². The minimum absolute atomic E-state index is 0.186. The number of allylic oxidation sites excluding steroid dienone is 1. The summed E-state index contributed by atoms with van der Waals surface area (Å²) in [5.41, 5.74) is 4.72. The van der Waals surface area contributed by atoms with Crippen molar-refractivity contribution in [1.29, 1.82) is 5.41 Å². The maximum absolute atomic E-state index is 13.3. The van der Waals surface area contributed by atoms with Gasteiger partial charge in [-0.15, -0.1) is 5.10 Å². The first-order chi connectivity index (χ1) is 13.7. The number of pyridine rings is 1. The fraction of sp³-hybridized carbons (Fsp3) is 0.286. The Kier molecular flexibility index (Phi) is 5.06. The number of rotatable bonds is 6. The first-order valence-corrected chi connectivity index (χ1v) is 9.52. The van der Waals surface area contributed by atoms with Gasteiger partial charge >= 0.3 is 0 Å². The van der Waals surface area contributed by atoms with Crippen molar-refractivity contribution in [3.63, 3.8) is 0 Å². The molecule has 0 saturated carbocycles. The van der Waals surface area contributed by atoms with Crippen molar-refractivity contribution in [1.82, 2.24) is 19.9 Å². The molecule has 0 spiro atoms. The lowest BCUT2D eigenvalue weighted by molar-refractivity contribution is 0.581. The van der Waals surface area contributed by atoms with Crippen LogP contribution in [0.25, 0.3) is 16.8 Å². The van der Waals surface area contributed by atoms with Gasteiger partial charge in [0.25, 0.3) is 0 Å². The molecule has 28 heavy (non-hydrogen) atoms. The minimum Gasteiger partial charge on any atom is -0.388 e. The zero-order valence-corrected chi connectivity index (χ0v) is 15.7. The number of anilines is 1. The smallest absolute Gasteiger partial charge is 0.243 e. The molecule has 4 rings (SSSR count). The quantitative estimate of drug-likeness (QED) is 0.566. The fourth-order valence-electron chi connectivity index (χ4n) is 3.66. The molecule has 3 aromatic rings. The van der Waals surface area contributed by atoms with E-state index in [2.05, 4.69) is 27.6 Å². The van der Waals surface area contributed by atoms with Gasteiger partial charge in [-0.1, -0.05) is 12.1 Å². The highest BCUT2D eigenvalue weighted by atomic mass is 19.1. The summed E-state index contributed by atoms with van der Waals surface area (Å²) in [5, 5.41) is 19.0. The van der Waals surface area contributed by atoms with Crippen LogP contribution in [-0.2, 0) is 0 Å². The largest absolute Gasteiger partial charge is 0.388 e. The maximum atomic E-state index is 13.3. The van der Waals surface area contributed by atoms with Gasteiger partial charge in [-0.3, -0.25) is 0 Å². The fourth-order valence-corrected chi connectivity index (χ4v) is 3.66. The third-order valence-electron chi connectivity index (χ3n) is 5.01. The van der Waals surface area contributed by atoms with E-state index in [1.165, 1.54) is 18.3 Å². The molecule has 1 aliphatic carbocycles. The summed E-state index contributed by atoms with van der Waals surface area (Å²) in [6.45, 7) is 2.93. The van der Waals surface area contributed by atoms with Crippen LogP contribution in [0.2, 0.25) is 0 Å². The Labute approximate surface area is 163 Å². The van der Waals surface area contributed by atoms with E-state index in [1.807, 2.05) is 18.3 Å². The summed E-state index contributed by atoms with van der Waals surface area (Å²) >= 11 is 0. The highest BCUT2D eigenvalue weighted by Gasteiger charge is 2.21. The number of benzene rings is 1. The molecule has 6 nitrogen and oxygen atoms in total. The van der Waals surface area contributed by atoms with Crippen LogP contribution in [0.5, 0.6) is 0 Å². The Morgan fingerprint density at radius 1 is 1.29 bits per heavy atom. The maximum Gasteiger partial charge on any atom is 0.243 e. The Morgan fingerprint density at radius 2 is 2.11 bits per heavy atom. The van der Waals surface area contributed by atoms with Crippen LogP contribution >= 0.6 is 0 Å². The Balaban J connectivity index is 1.58. The first kappa shape index (κ1) is 18.2. The van der Waals surface area contributed by atoms with Gasteiger partial charge in [0.1, 0.15) is 5.82 Å². The first-order valence-electron chi connectivity index (χ1n) is 9.52. The van der Waals surface area contributed by atoms with E-state index < -0.39 is 0 Å². The van der Waals surface area contributed by atoms with Gasteiger partial charge in [-0.25, -0.2) is 8.91 Å². The number of aromatic nitrogens is 3. The Bertz CT molecular complexity index is 1020. The number of fused-ring (bicyclic) bond motifs is 1. The van der Waals surface area contributed by atoms with Gasteiger partial charge < -0.3 is 16.0 Å². The van der Waals surface area contributed by atoms with Crippen molar-refractivity contribution in [2.45, 2.75) is 32.2 Å². The lowest BCUT2D eigenvalue weighted by atomic mass is 9.92. The summed E-state index contributed by atoms with van der Waals surface area (Å²) in [6.07, 6.45) is 5.93. The molecule has 7 heteroatoms. The summed E-state index contributed by atoms with van der Waals surface area (Å²) in [7, 11) is 0. The zero-order chi connectivity index (χ0) is 19.5. The third-order valence-corrected chi connectivity index (χ3v) is 5.01. The molecule has 0 bridgehead atoms. The predicted molar refractivity (Wildman–Crippen MR) is 109 cm³/mol. The van der Waals surface area contributed by atoms with Crippen LogP contribution in [0.4, 0.5) is 10.3 Å².